The first-order chi connectivity index (χ1) is 9.06. The van der Waals surface area contributed by atoms with Crippen LogP contribution in [0.25, 0.3) is 16.9 Å². The summed E-state index contributed by atoms with van der Waals surface area (Å²) < 4.78 is 1.68. The van der Waals surface area contributed by atoms with Crippen molar-refractivity contribution in [1.29, 1.82) is 0 Å². The van der Waals surface area contributed by atoms with Crippen molar-refractivity contribution in [2.45, 2.75) is 0 Å². The number of hydrogen-bond acceptors (Lipinski definition) is 2. The summed E-state index contributed by atoms with van der Waals surface area (Å²) >= 11 is 17.9. The molecule has 3 rings (SSSR count). The van der Waals surface area contributed by atoms with E-state index >= 15 is 0 Å². The largest absolute Gasteiger partial charge is 0.383 e. The van der Waals surface area contributed by atoms with Gasteiger partial charge in [-0.25, -0.2) is 4.98 Å². The van der Waals surface area contributed by atoms with Crippen molar-refractivity contribution in [3.63, 3.8) is 0 Å². The Balaban J connectivity index is 2.28. The van der Waals surface area contributed by atoms with Gasteiger partial charge in [-0.05, 0) is 18.2 Å². The van der Waals surface area contributed by atoms with Crippen molar-refractivity contribution in [3.8, 4) is 11.3 Å². The first-order valence-electron chi connectivity index (χ1n) is 5.45. The minimum Gasteiger partial charge on any atom is -0.383 e. The van der Waals surface area contributed by atoms with E-state index in [0.29, 0.717) is 32.2 Å². The molecule has 19 heavy (non-hydrogen) atoms. The Morgan fingerprint density at radius 1 is 1.00 bits per heavy atom. The summed E-state index contributed by atoms with van der Waals surface area (Å²) in [5.74, 6) is 0.488. The summed E-state index contributed by atoms with van der Waals surface area (Å²) in [6.45, 7) is 0. The van der Waals surface area contributed by atoms with Gasteiger partial charge in [0.25, 0.3) is 0 Å². The molecule has 3 aromatic rings. The fourth-order valence-corrected chi connectivity index (χ4v) is 2.55. The number of nitrogen functional groups attached to an aromatic ring is 1. The van der Waals surface area contributed by atoms with Crippen molar-refractivity contribution in [2.75, 3.05) is 5.73 Å². The number of anilines is 1. The van der Waals surface area contributed by atoms with Gasteiger partial charge >= 0.3 is 0 Å². The van der Waals surface area contributed by atoms with Gasteiger partial charge in [0, 0.05) is 16.8 Å². The molecule has 0 amide bonds. The molecular formula is C13H8Cl3N3. The normalized spacial score (nSPS) is 11.1. The number of aromatic nitrogens is 2. The Kier molecular flexibility index (Phi) is 3.05. The highest BCUT2D eigenvalue weighted by Gasteiger charge is 2.14. The molecule has 0 radical (unpaired) electrons. The lowest BCUT2D eigenvalue weighted by atomic mass is 10.1. The summed E-state index contributed by atoms with van der Waals surface area (Å²) in [4.78, 5) is 4.46. The average molecular weight is 313 g/mol. The van der Waals surface area contributed by atoms with Crippen molar-refractivity contribution in [1.82, 2.24) is 9.38 Å². The van der Waals surface area contributed by atoms with E-state index in [1.807, 2.05) is 12.1 Å². The minimum absolute atomic E-state index is 0.458. The maximum atomic E-state index is 6.12. The van der Waals surface area contributed by atoms with Crippen LogP contribution in [-0.4, -0.2) is 9.38 Å². The van der Waals surface area contributed by atoms with Gasteiger partial charge in [-0.3, -0.25) is 4.40 Å². The monoisotopic (exact) mass is 311 g/mol. The lowest BCUT2D eigenvalue weighted by molar-refractivity contribution is 1.20. The van der Waals surface area contributed by atoms with Gasteiger partial charge in [0.15, 0.2) is 5.65 Å². The van der Waals surface area contributed by atoms with Gasteiger partial charge in [0.05, 0.1) is 10.0 Å². The van der Waals surface area contributed by atoms with Crippen LogP contribution in [0.4, 0.5) is 5.82 Å². The summed E-state index contributed by atoms with van der Waals surface area (Å²) in [5.41, 5.74) is 8.20. The SMILES string of the molecule is Nc1c(-c2ccc(Cl)cc2)nc2c(Cl)cc(Cl)cn12. The lowest BCUT2D eigenvalue weighted by Gasteiger charge is -2.00. The zero-order valence-electron chi connectivity index (χ0n) is 9.57. The van der Waals surface area contributed by atoms with Crippen LogP contribution in [0.3, 0.4) is 0 Å². The number of hydrogen-bond donors (Lipinski definition) is 1. The van der Waals surface area contributed by atoms with Gasteiger partial charge in [-0.1, -0.05) is 46.9 Å². The second kappa shape index (κ2) is 4.60. The van der Waals surface area contributed by atoms with Crippen LogP contribution >= 0.6 is 34.8 Å². The number of fused-ring (bicyclic) bond motifs is 1. The molecule has 96 valence electrons. The summed E-state index contributed by atoms with van der Waals surface area (Å²) in [6.07, 6.45) is 1.69. The van der Waals surface area contributed by atoms with Crippen LogP contribution in [-0.2, 0) is 0 Å². The minimum atomic E-state index is 0.458. The Morgan fingerprint density at radius 3 is 2.37 bits per heavy atom. The van der Waals surface area contributed by atoms with Gasteiger partial charge in [-0.15, -0.1) is 0 Å². The fraction of sp³-hybridized carbons (Fsp3) is 0. The van der Waals surface area contributed by atoms with E-state index in [2.05, 4.69) is 4.98 Å². The second-order valence-electron chi connectivity index (χ2n) is 4.05. The van der Waals surface area contributed by atoms with Gasteiger partial charge in [0.1, 0.15) is 11.5 Å². The van der Waals surface area contributed by atoms with Crippen LogP contribution in [0.1, 0.15) is 0 Å². The molecule has 0 atom stereocenters. The summed E-state index contributed by atoms with van der Waals surface area (Å²) in [7, 11) is 0. The van der Waals surface area contributed by atoms with Crippen molar-refractivity contribution in [2.24, 2.45) is 0 Å². The van der Waals surface area contributed by atoms with Gasteiger partial charge < -0.3 is 5.73 Å². The molecule has 1 aromatic carbocycles. The molecule has 0 aliphatic heterocycles. The number of halogens is 3. The van der Waals surface area contributed by atoms with E-state index < -0.39 is 0 Å². The lowest BCUT2D eigenvalue weighted by Crippen LogP contribution is -1.94. The topological polar surface area (TPSA) is 43.3 Å². The Labute approximate surface area is 124 Å². The molecule has 0 unspecified atom stereocenters. The zero-order valence-corrected chi connectivity index (χ0v) is 11.8. The molecule has 0 spiro atoms. The second-order valence-corrected chi connectivity index (χ2v) is 5.33. The van der Waals surface area contributed by atoms with Gasteiger partial charge in [-0.2, -0.15) is 0 Å². The van der Waals surface area contributed by atoms with Crippen LogP contribution in [0.5, 0.6) is 0 Å². The van der Waals surface area contributed by atoms with E-state index in [1.54, 1.807) is 28.8 Å². The number of rotatable bonds is 1. The molecule has 2 N–H and O–H groups in total. The maximum absolute atomic E-state index is 6.12. The number of pyridine rings is 1. The molecule has 0 fully saturated rings. The first kappa shape index (κ1) is 12.6. The molecule has 2 aromatic heterocycles. The molecule has 0 saturated heterocycles. The van der Waals surface area contributed by atoms with E-state index in [-0.39, 0.29) is 0 Å². The van der Waals surface area contributed by atoms with E-state index in [1.165, 1.54) is 0 Å². The first-order valence-corrected chi connectivity index (χ1v) is 6.58. The highest BCUT2D eigenvalue weighted by atomic mass is 35.5. The summed E-state index contributed by atoms with van der Waals surface area (Å²) in [6, 6.07) is 8.92. The molecule has 3 nitrogen and oxygen atoms in total. The van der Waals surface area contributed by atoms with Crippen molar-refractivity contribution < 1.29 is 0 Å². The highest BCUT2D eigenvalue weighted by Crippen LogP contribution is 2.31. The third kappa shape index (κ3) is 2.14. The van der Waals surface area contributed by atoms with Crippen molar-refractivity contribution in [3.05, 3.63) is 51.6 Å². The van der Waals surface area contributed by atoms with E-state index in [4.69, 9.17) is 40.5 Å². The average Bonchev–Trinajstić information content (AvgIpc) is 2.69. The maximum Gasteiger partial charge on any atom is 0.158 e. The number of nitrogens with two attached hydrogens (primary N) is 1. The molecular weight excluding hydrogens is 305 g/mol. The highest BCUT2D eigenvalue weighted by molar-refractivity contribution is 6.36. The fourth-order valence-electron chi connectivity index (χ4n) is 1.91. The third-order valence-corrected chi connectivity index (χ3v) is 3.53. The molecule has 6 heteroatoms. The number of benzene rings is 1. The smallest absolute Gasteiger partial charge is 0.158 e. The summed E-state index contributed by atoms with van der Waals surface area (Å²) in [5, 5.41) is 1.62. The number of imidazole rings is 1. The van der Waals surface area contributed by atoms with Gasteiger partial charge in [0.2, 0.25) is 0 Å². The Bertz CT molecular complexity index is 763. The van der Waals surface area contributed by atoms with E-state index in [9.17, 15) is 0 Å². The molecule has 0 aliphatic rings. The Morgan fingerprint density at radius 2 is 1.68 bits per heavy atom. The number of nitrogens with zero attached hydrogens (tertiary/aromatic N) is 2. The molecule has 0 bridgehead atoms. The molecule has 2 heterocycles. The van der Waals surface area contributed by atoms with Crippen LogP contribution in [0, 0.1) is 0 Å². The molecule has 0 saturated carbocycles. The predicted molar refractivity (Wildman–Crippen MR) is 80.1 cm³/mol. The van der Waals surface area contributed by atoms with E-state index in [0.717, 1.165) is 5.56 Å². The van der Waals surface area contributed by atoms with Crippen LogP contribution in [0.15, 0.2) is 36.5 Å². The predicted octanol–water partition coefficient (Wildman–Crippen LogP) is 4.54. The zero-order chi connectivity index (χ0) is 13.6. The third-order valence-electron chi connectivity index (χ3n) is 2.80. The molecule has 0 aliphatic carbocycles. The Hall–Kier alpha value is -1.42. The van der Waals surface area contributed by atoms with Crippen molar-refractivity contribution >= 4 is 46.3 Å². The van der Waals surface area contributed by atoms with Crippen LogP contribution in [0.2, 0.25) is 15.1 Å². The quantitative estimate of drug-likeness (QED) is 0.716. The standard InChI is InChI=1S/C13H8Cl3N3/c14-8-3-1-7(2-4-8)11-12(17)19-6-9(15)5-10(16)13(19)18-11/h1-6H,17H2. The van der Waals surface area contributed by atoms with Crippen LogP contribution < -0.4 is 5.73 Å².